The highest BCUT2D eigenvalue weighted by Gasteiger charge is 2.09. The fraction of sp³-hybridized carbons (Fsp3) is 0.364. The molecule has 1 atom stereocenters. The van der Waals surface area contributed by atoms with E-state index in [0.717, 1.165) is 11.3 Å². The molecular formula is C11H13ClN4O. The smallest absolute Gasteiger partial charge is 0.218 e. The average molecular weight is 253 g/mol. The first-order chi connectivity index (χ1) is 8.20. The highest BCUT2D eigenvalue weighted by molar-refractivity contribution is 6.20. The molecule has 0 saturated heterocycles. The zero-order valence-corrected chi connectivity index (χ0v) is 10.4. The van der Waals surface area contributed by atoms with Gasteiger partial charge in [-0.2, -0.15) is 0 Å². The summed E-state index contributed by atoms with van der Waals surface area (Å²) >= 11 is 5.93. The van der Waals surface area contributed by atoms with Gasteiger partial charge in [0.25, 0.3) is 0 Å². The predicted molar refractivity (Wildman–Crippen MR) is 64.2 cm³/mol. The quantitative estimate of drug-likeness (QED) is 0.782. The lowest BCUT2D eigenvalue weighted by molar-refractivity contribution is 0.390. The molecule has 0 fully saturated rings. The molecule has 2 aromatic rings. The van der Waals surface area contributed by atoms with Gasteiger partial charge in [-0.15, -0.1) is 16.7 Å². The van der Waals surface area contributed by atoms with Gasteiger partial charge in [-0.1, -0.05) is 11.3 Å². The largest absolute Gasteiger partial charge is 0.481 e. The van der Waals surface area contributed by atoms with Crippen molar-refractivity contribution in [3.05, 3.63) is 35.8 Å². The van der Waals surface area contributed by atoms with Gasteiger partial charge in [-0.25, -0.2) is 9.67 Å². The third kappa shape index (κ3) is 2.74. The minimum Gasteiger partial charge on any atom is -0.481 e. The molecule has 5 nitrogen and oxygen atoms in total. The predicted octanol–water partition coefficient (Wildman–Crippen LogP) is 2.03. The van der Waals surface area contributed by atoms with E-state index in [2.05, 4.69) is 15.3 Å². The third-order valence-electron chi connectivity index (χ3n) is 2.34. The lowest BCUT2D eigenvalue weighted by atomic mass is 10.2. The molecule has 2 aromatic heterocycles. The Kier molecular flexibility index (Phi) is 3.58. The average Bonchev–Trinajstić information content (AvgIpc) is 2.78. The van der Waals surface area contributed by atoms with Crippen LogP contribution in [0.2, 0.25) is 0 Å². The van der Waals surface area contributed by atoms with Gasteiger partial charge < -0.3 is 4.74 Å². The van der Waals surface area contributed by atoms with E-state index in [1.807, 2.05) is 25.3 Å². The number of nitrogens with zero attached hydrogens (tertiary/aromatic N) is 4. The van der Waals surface area contributed by atoms with Gasteiger partial charge in [-0.05, 0) is 13.0 Å². The first-order valence-electron chi connectivity index (χ1n) is 5.22. The summed E-state index contributed by atoms with van der Waals surface area (Å²) in [5.41, 5.74) is 1.71. The highest BCUT2D eigenvalue weighted by atomic mass is 35.5. The van der Waals surface area contributed by atoms with Crippen molar-refractivity contribution in [1.82, 2.24) is 20.0 Å². The number of rotatable bonds is 4. The van der Waals surface area contributed by atoms with E-state index in [1.54, 1.807) is 18.0 Å². The second-order valence-electron chi connectivity index (χ2n) is 3.63. The van der Waals surface area contributed by atoms with Gasteiger partial charge in [-0.3, -0.25) is 0 Å². The molecule has 17 heavy (non-hydrogen) atoms. The Morgan fingerprint density at radius 2 is 2.35 bits per heavy atom. The zero-order valence-electron chi connectivity index (χ0n) is 9.67. The second-order valence-corrected chi connectivity index (χ2v) is 4.28. The molecule has 0 spiro atoms. The number of hydrogen-bond donors (Lipinski definition) is 0. The Hall–Kier alpha value is -1.62. The van der Waals surface area contributed by atoms with Crippen LogP contribution in [-0.2, 0) is 6.54 Å². The summed E-state index contributed by atoms with van der Waals surface area (Å²) in [4.78, 5) is 4.13. The Morgan fingerprint density at radius 1 is 1.53 bits per heavy atom. The maximum atomic E-state index is 5.93. The van der Waals surface area contributed by atoms with Crippen LogP contribution in [0.3, 0.4) is 0 Å². The standard InChI is InChI=1S/C11H13ClN4O/c1-8(12)10-7-16(15-14-10)6-9-4-3-5-13-11(9)17-2/h3-5,7-8H,6H2,1-2H3. The van der Waals surface area contributed by atoms with Crippen molar-refractivity contribution in [2.45, 2.75) is 18.8 Å². The molecule has 0 aromatic carbocycles. The van der Waals surface area contributed by atoms with Crippen LogP contribution in [0.1, 0.15) is 23.6 Å². The van der Waals surface area contributed by atoms with Gasteiger partial charge in [0.15, 0.2) is 0 Å². The van der Waals surface area contributed by atoms with E-state index in [9.17, 15) is 0 Å². The normalized spacial score (nSPS) is 12.4. The molecular weight excluding hydrogens is 240 g/mol. The number of ether oxygens (including phenoxy) is 1. The molecule has 0 radical (unpaired) electrons. The molecule has 0 saturated carbocycles. The SMILES string of the molecule is COc1ncccc1Cn1cc(C(C)Cl)nn1. The number of methoxy groups -OCH3 is 1. The lowest BCUT2D eigenvalue weighted by Gasteiger charge is -2.05. The zero-order chi connectivity index (χ0) is 12.3. The second kappa shape index (κ2) is 5.14. The number of aromatic nitrogens is 4. The summed E-state index contributed by atoms with van der Waals surface area (Å²) in [5.74, 6) is 0.600. The third-order valence-corrected chi connectivity index (χ3v) is 2.56. The number of hydrogen-bond acceptors (Lipinski definition) is 4. The summed E-state index contributed by atoms with van der Waals surface area (Å²) in [6.45, 7) is 2.42. The van der Waals surface area contributed by atoms with Crippen molar-refractivity contribution in [3.8, 4) is 5.88 Å². The number of alkyl halides is 1. The van der Waals surface area contributed by atoms with Crippen LogP contribution in [-0.4, -0.2) is 27.1 Å². The van der Waals surface area contributed by atoms with Crippen molar-refractivity contribution in [1.29, 1.82) is 0 Å². The van der Waals surface area contributed by atoms with E-state index >= 15 is 0 Å². The molecule has 0 amide bonds. The summed E-state index contributed by atoms with van der Waals surface area (Å²) < 4.78 is 6.89. The van der Waals surface area contributed by atoms with Crippen LogP contribution in [0.15, 0.2) is 24.5 Å². The van der Waals surface area contributed by atoms with Gasteiger partial charge in [0.05, 0.1) is 25.2 Å². The van der Waals surface area contributed by atoms with E-state index in [1.165, 1.54) is 0 Å². The lowest BCUT2D eigenvalue weighted by Crippen LogP contribution is -2.03. The Bertz CT molecular complexity index is 498. The maximum absolute atomic E-state index is 5.93. The Morgan fingerprint density at radius 3 is 3.00 bits per heavy atom. The summed E-state index contributed by atoms with van der Waals surface area (Å²) in [6, 6.07) is 3.80. The van der Waals surface area contributed by atoms with Gasteiger partial charge in [0, 0.05) is 11.8 Å². The van der Waals surface area contributed by atoms with E-state index in [0.29, 0.717) is 12.4 Å². The van der Waals surface area contributed by atoms with E-state index < -0.39 is 0 Å². The molecule has 0 aliphatic carbocycles. The molecule has 6 heteroatoms. The molecule has 2 heterocycles. The molecule has 1 unspecified atom stereocenters. The van der Waals surface area contributed by atoms with Gasteiger partial charge >= 0.3 is 0 Å². The molecule has 90 valence electrons. The van der Waals surface area contributed by atoms with Gasteiger partial charge in [0.1, 0.15) is 5.69 Å². The number of pyridine rings is 1. The Balaban J connectivity index is 2.19. The van der Waals surface area contributed by atoms with Crippen LogP contribution in [0.25, 0.3) is 0 Å². The first-order valence-corrected chi connectivity index (χ1v) is 5.66. The maximum Gasteiger partial charge on any atom is 0.218 e. The summed E-state index contributed by atoms with van der Waals surface area (Å²) in [6.07, 6.45) is 3.51. The van der Waals surface area contributed by atoms with Crippen molar-refractivity contribution in [2.75, 3.05) is 7.11 Å². The minimum atomic E-state index is -0.139. The first kappa shape index (κ1) is 11.9. The van der Waals surface area contributed by atoms with Crippen molar-refractivity contribution >= 4 is 11.6 Å². The fourth-order valence-corrected chi connectivity index (χ4v) is 1.58. The summed E-state index contributed by atoms with van der Waals surface area (Å²) in [5, 5.41) is 7.85. The minimum absolute atomic E-state index is 0.139. The van der Waals surface area contributed by atoms with E-state index in [-0.39, 0.29) is 5.38 Å². The van der Waals surface area contributed by atoms with Gasteiger partial charge in [0.2, 0.25) is 5.88 Å². The Labute approximate surface area is 104 Å². The molecule has 2 rings (SSSR count). The van der Waals surface area contributed by atoms with Crippen LogP contribution >= 0.6 is 11.6 Å². The van der Waals surface area contributed by atoms with Crippen molar-refractivity contribution < 1.29 is 4.74 Å². The highest BCUT2D eigenvalue weighted by Crippen LogP contribution is 2.18. The van der Waals surface area contributed by atoms with Crippen molar-refractivity contribution in [2.24, 2.45) is 0 Å². The molecule has 0 N–H and O–H groups in total. The topological polar surface area (TPSA) is 52.8 Å². The fourth-order valence-electron chi connectivity index (χ4n) is 1.48. The van der Waals surface area contributed by atoms with Crippen LogP contribution < -0.4 is 4.74 Å². The monoisotopic (exact) mass is 252 g/mol. The van der Waals surface area contributed by atoms with Crippen LogP contribution in [0, 0.1) is 0 Å². The molecule has 0 bridgehead atoms. The molecule has 0 aliphatic heterocycles. The summed E-state index contributed by atoms with van der Waals surface area (Å²) in [7, 11) is 1.60. The van der Waals surface area contributed by atoms with E-state index in [4.69, 9.17) is 16.3 Å². The van der Waals surface area contributed by atoms with Crippen LogP contribution in [0.5, 0.6) is 5.88 Å². The van der Waals surface area contributed by atoms with Crippen molar-refractivity contribution in [3.63, 3.8) is 0 Å². The number of halogens is 1. The molecule has 0 aliphatic rings. The van der Waals surface area contributed by atoms with Crippen LogP contribution in [0.4, 0.5) is 0 Å².